The fourth-order valence-corrected chi connectivity index (χ4v) is 1.32. The van der Waals surface area contributed by atoms with Gasteiger partial charge in [-0.25, -0.2) is 10.9 Å². The maximum Gasteiger partial charge on any atom is 0.271 e. The molecule has 6 nitrogen and oxygen atoms in total. The molecule has 0 fully saturated rings. The summed E-state index contributed by atoms with van der Waals surface area (Å²) in [6, 6.07) is 6.66. The Morgan fingerprint density at radius 2 is 2.10 bits per heavy atom. The Labute approximate surface area is 122 Å². The number of hydrogen-bond acceptors (Lipinski definition) is 4. The summed E-state index contributed by atoms with van der Waals surface area (Å²) >= 11 is 0. The lowest BCUT2D eigenvalue weighted by Crippen LogP contribution is -2.17. The van der Waals surface area contributed by atoms with Crippen LogP contribution in [0.4, 0.5) is 0 Å². The van der Waals surface area contributed by atoms with Crippen LogP contribution in [0.5, 0.6) is 0 Å². The average Bonchev–Trinajstić information content (AvgIpc) is 2.52. The van der Waals surface area contributed by atoms with E-state index in [-0.39, 0.29) is 5.91 Å². The normalized spacial score (nSPS) is 11.9. The molecular formula is C15H17N3O3. The standard InChI is InChI=1S/C15H17N3O3/c1-3-11(2)10-16-17-15(20)13-6-4-5-12(9-13)7-8-14(19)18-21/h3-10,21H,1-2H3,(H,17,20)(H,18,19)/b8-7+,11-3-,16-10+. The molecule has 3 N–H and O–H groups in total. The van der Waals surface area contributed by atoms with Crippen molar-refractivity contribution in [2.24, 2.45) is 5.10 Å². The fraction of sp³-hybridized carbons (Fsp3) is 0.133. The number of carbonyl (C=O) groups excluding carboxylic acids is 2. The van der Waals surface area contributed by atoms with Crippen LogP contribution in [0, 0.1) is 0 Å². The van der Waals surface area contributed by atoms with E-state index in [1.54, 1.807) is 30.5 Å². The molecular weight excluding hydrogens is 270 g/mol. The van der Waals surface area contributed by atoms with Crippen molar-refractivity contribution >= 4 is 24.1 Å². The molecule has 0 aliphatic heterocycles. The highest BCUT2D eigenvalue weighted by molar-refractivity contribution is 5.96. The van der Waals surface area contributed by atoms with Crippen molar-refractivity contribution in [3.05, 3.63) is 53.1 Å². The van der Waals surface area contributed by atoms with Crippen molar-refractivity contribution in [1.82, 2.24) is 10.9 Å². The Morgan fingerprint density at radius 1 is 1.33 bits per heavy atom. The lowest BCUT2D eigenvalue weighted by molar-refractivity contribution is -0.124. The highest BCUT2D eigenvalue weighted by atomic mass is 16.5. The molecule has 0 atom stereocenters. The number of rotatable bonds is 5. The number of benzene rings is 1. The molecule has 21 heavy (non-hydrogen) atoms. The number of hydrogen-bond donors (Lipinski definition) is 3. The third-order valence-electron chi connectivity index (χ3n) is 2.58. The van der Waals surface area contributed by atoms with Crippen LogP contribution in [0.25, 0.3) is 6.08 Å². The summed E-state index contributed by atoms with van der Waals surface area (Å²) in [6.45, 7) is 3.74. The first kappa shape index (κ1) is 16.3. The molecule has 0 heterocycles. The van der Waals surface area contributed by atoms with Crippen LogP contribution in [0.15, 0.2) is 47.1 Å². The molecule has 0 spiro atoms. The molecule has 2 amide bonds. The molecule has 0 aliphatic rings. The number of nitrogens with one attached hydrogen (secondary N) is 2. The third-order valence-corrected chi connectivity index (χ3v) is 2.58. The van der Waals surface area contributed by atoms with Gasteiger partial charge in [-0.3, -0.25) is 14.8 Å². The molecule has 0 aromatic heterocycles. The number of hydrazone groups is 1. The van der Waals surface area contributed by atoms with Gasteiger partial charge in [-0.1, -0.05) is 18.2 Å². The second-order valence-electron chi connectivity index (χ2n) is 4.17. The summed E-state index contributed by atoms with van der Waals surface area (Å²) in [5.74, 6) is -0.992. The van der Waals surface area contributed by atoms with Crippen LogP contribution in [-0.4, -0.2) is 23.2 Å². The average molecular weight is 287 g/mol. The fourth-order valence-electron chi connectivity index (χ4n) is 1.32. The van der Waals surface area contributed by atoms with Gasteiger partial charge < -0.3 is 0 Å². The van der Waals surface area contributed by atoms with Gasteiger partial charge in [0.25, 0.3) is 11.8 Å². The Morgan fingerprint density at radius 3 is 2.76 bits per heavy atom. The second kappa shape index (κ2) is 8.44. The van der Waals surface area contributed by atoms with Crippen LogP contribution in [0.3, 0.4) is 0 Å². The van der Waals surface area contributed by atoms with Crippen molar-refractivity contribution in [3.63, 3.8) is 0 Å². The zero-order chi connectivity index (χ0) is 15.7. The van der Waals surface area contributed by atoms with Gasteiger partial charge in [0, 0.05) is 17.9 Å². The van der Waals surface area contributed by atoms with E-state index in [4.69, 9.17) is 5.21 Å². The molecule has 110 valence electrons. The smallest absolute Gasteiger partial charge is 0.271 e. The van der Waals surface area contributed by atoms with Crippen molar-refractivity contribution in [2.75, 3.05) is 0 Å². The Kier molecular flexibility index (Phi) is 6.56. The van der Waals surface area contributed by atoms with Crippen molar-refractivity contribution in [1.29, 1.82) is 0 Å². The maximum atomic E-state index is 11.9. The number of carbonyl (C=O) groups is 2. The summed E-state index contributed by atoms with van der Waals surface area (Å²) in [5, 5.41) is 12.2. The molecule has 1 aromatic carbocycles. The van der Waals surface area contributed by atoms with Crippen LogP contribution < -0.4 is 10.9 Å². The minimum Gasteiger partial charge on any atom is -0.288 e. The van der Waals surface area contributed by atoms with E-state index < -0.39 is 5.91 Å². The van der Waals surface area contributed by atoms with Gasteiger partial charge in [-0.05, 0) is 43.2 Å². The highest BCUT2D eigenvalue weighted by Crippen LogP contribution is 2.07. The zero-order valence-corrected chi connectivity index (χ0v) is 11.8. The Bertz CT molecular complexity index is 604. The van der Waals surface area contributed by atoms with Gasteiger partial charge in [-0.15, -0.1) is 0 Å². The molecule has 0 unspecified atom stereocenters. The van der Waals surface area contributed by atoms with Gasteiger partial charge >= 0.3 is 0 Å². The molecule has 0 bridgehead atoms. The van der Waals surface area contributed by atoms with Crippen molar-refractivity contribution in [3.8, 4) is 0 Å². The van der Waals surface area contributed by atoms with Gasteiger partial charge in [0.1, 0.15) is 0 Å². The van der Waals surface area contributed by atoms with Gasteiger partial charge in [-0.2, -0.15) is 5.10 Å². The van der Waals surface area contributed by atoms with Gasteiger partial charge in [0.15, 0.2) is 0 Å². The van der Waals surface area contributed by atoms with E-state index in [2.05, 4.69) is 10.5 Å². The van der Waals surface area contributed by atoms with Crippen LogP contribution in [-0.2, 0) is 4.79 Å². The molecule has 0 radical (unpaired) electrons. The first-order valence-corrected chi connectivity index (χ1v) is 6.25. The highest BCUT2D eigenvalue weighted by Gasteiger charge is 2.04. The number of hydroxylamine groups is 1. The Balaban J connectivity index is 2.75. The Hall–Kier alpha value is -2.73. The number of allylic oxidation sites excluding steroid dienone is 2. The second-order valence-corrected chi connectivity index (χ2v) is 4.17. The summed E-state index contributed by atoms with van der Waals surface area (Å²) in [4.78, 5) is 22.8. The summed E-state index contributed by atoms with van der Waals surface area (Å²) in [6.07, 6.45) is 6.06. The van der Waals surface area contributed by atoms with Gasteiger partial charge in [0.2, 0.25) is 0 Å². The summed E-state index contributed by atoms with van der Waals surface area (Å²) in [7, 11) is 0. The van der Waals surface area contributed by atoms with Crippen molar-refractivity contribution < 1.29 is 14.8 Å². The van der Waals surface area contributed by atoms with Crippen LogP contribution in [0.2, 0.25) is 0 Å². The molecule has 1 aromatic rings. The van der Waals surface area contributed by atoms with Gasteiger partial charge in [0.05, 0.1) is 0 Å². The largest absolute Gasteiger partial charge is 0.288 e. The minimum absolute atomic E-state index is 0.350. The zero-order valence-electron chi connectivity index (χ0n) is 11.8. The van der Waals surface area contributed by atoms with E-state index >= 15 is 0 Å². The van der Waals surface area contributed by atoms with E-state index in [9.17, 15) is 9.59 Å². The summed E-state index contributed by atoms with van der Waals surface area (Å²) < 4.78 is 0. The topological polar surface area (TPSA) is 90.8 Å². The third kappa shape index (κ3) is 5.84. The SMILES string of the molecule is C/C=C(C)\C=N\NC(=O)c1cccc(/C=C/C(=O)NO)c1. The molecule has 0 saturated carbocycles. The maximum absolute atomic E-state index is 11.9. The molecule has 1 rings (SSSR count). The van der Waals surface area contributed by atoms with E-state index in [1.165, 1.54) is 11.6 Å². The lowest BCUT2D eigenvalue weighted by Gasteiger charge is -2.01. The first-order chi connectivity index (χ1) is 10.1. The monoisotopic (exact) mass is 287 g/mol. The molecule has 0 aliphatic carbocycles. The predicted molar refractivity (Wildman–Crippen MR) is 80.8 cm³/mol. The van der Waals surface area contributed by atoms with E-state index in [0.717, 1.165) is 11.6 Å². The lowest BCUT2D eigenvalue weighted by atomic mass is 10.1. The summed E-state index contributed by atoms with van der Waals surface area (Å²) in [5.41, 5.74) is 5.90. The van der Waals surface area contributed by atoms with E-state index in [0.29, 0.717) is 11.1 Å². The van der Waals surface area contributed by atoms with Crippen LogP contribution in [0.1, 0.15) is 29.8 Å². The van der Waals surface area contributed by atoms with Crippen LogP contribution >= 0.6 is 0 Å². The van der Waals surface area contributed by atoms with Crippen molar-refractivity contribution in [2.45, 2.75) is 13.8 Å². The van der Waals surface area contributed by atoms with E-state index in [1.807, 2.05) is 19.9 Å². The predicted octanol–water partition coefficient (Wildman–Crippen LogP) is 1.89. The number of nitrogens with zero attached hydrogens (tertiary/aromatic N) is 1. The number of amides is 2. The molecule has 0 saturated heterocycles. The molecule has 6 heteroatoms. The quantitative estimate of drug-likeness (QED) is 0.334. The minimum atomic E-state index is -0.642. The first-order valence-electron chi connectivity index (χ1n) is 6.25.